The maximum Gasteiger partial charge on any atom is 0.340 e. The van der Waals surface area contributed by atoms with Gasteiger partial charge in [0.05, 0.1) is 21.1 Å². The molecule has 0 aliphatic carbocycles. The van der Waals surface area contributed by atoms with Crippen LogP contribution >= 0.6 is 0 Å². The number of carbonyl (C=O) groups is 2. The predicted octanol–water partition coefficient (Wildman–Crippen LogP) is 3.21. The summed E-state index contributed by atoms with van der Waals surface area (Å²) in [5.41, 5.74) is -0.462. The van der Waals surface area contributed by atoms with Gasteiger partial charge >= 0.3 is 5.97 Å². The van der Waals surface area contributed by atoms with Gasteiger partial charge in [-0.1, -0.05) is 24.3 Å². The summed E-state index contributed by atoms with van der Waals surface area (Å²) in [6, 6.07) is 14.9. The van der Waals surface area contributed by atoms with Crippen molar-refractivity contribution in [2.45, 2.75) is 4.90 Å². The van der Waals surface area contributed by atoms with Crippen LogP contribution in [0.25, 0.3) is 0 Å². The number of nitrogens with zero attached hydrogens (tertiary/aromatic N) is 1. The van der Waals surface area contributed by atoms with Crippen LogP contribution < -0.4 is 14.2 Å². The lowest BCUT2D eigenvalue weighted by Gasteiger charge is -2.19. The largest absolute Gasteiger partial charge is 0.486 e. The minimum absolute atomic E-state index is 0.000374. The van der Waals surface area contributed by atoms with E-state index in [1.807, 2.05) is 0 Å². The summed E-state index contributed by atoms with van der Waals surface area (Å²) in [5, 5.41) is 10.9. The summed E-state index contributed by atoms with van der Waals surface area (Å²) in [7, 11) is -4.11. The number of benzene rings is 3. The Balaban J connectivity index is 1.49. The van der Waals surface area contributed by atoms with Crippen LogP contribution in [-0.2, 0) is 14.8 Å². The van der Waals surface area contributed by atoms with E-state index in [4.69, 9.17) is 14.2 Å². The number of anilines is 1. The third kappa shape index (κ3) is 5.38. The van der Waals surface area contributed by atoms with Crippen LogP contribution in [0.15, 0.2) is 71.6 Å². The highest BCUT2D eigenvalue weighted by Crippen LogP contribution is 2.33. The molecule has 0 unspecified atom stereocenters. The van der Waals surface area contributed by atoms with Gasteiger partial charge in [0.15, 0.2) is 18.1 Å². The van der Waals surface area contributed by atoms with Crippen LogP contribution in [0.2, 0.25) is 0 Å². The normalized spacial score (nSPS) is 12.5. The van der Waals surface area contributed by atoms with Crippen molar-refractivity contribution in [3.05, 3.63) is 88.0 Å². The smallest absolute Gasteiger partial charge is 0.340 e. The summed E-state index contributed by atoms with van der Waals surface area (Å²) >= 11 is 0. The molecule has 0 saturated carbocycles. The summed E-state index contributed by atoms with van der Waals surface area (Å²) in [5.74, 6) is -0.903. The highest BCUT2D eigenvalue weighted by molar-refractivity contribution is 7.92. The minimum atomic E-state index is -4.11. The van der Waals surface area contributed by atoms with Crippen molar-refractivity contribution in [3.63, 3.8) is 0 Å². The highest BCUT2D eigenvalue weighted by atomic mass is 32.2. The van der Waals surface area contributed by atoms with Crippen molar-refractivity contribution in [2.24, 2.45) is 0 Å². The van der Waals surface area contributed by atoms with E-state index in [0.29, 0.717) is 12.4 Å². The molecule has 0 fully saturated rings. The van der Waals surface area contributed by atoms with Crippen LogP contribution in [0.5, 0.6) is 11.5 Å². The number of sulfonamides is 1. The van der Waals surface area contributed by atoms with Gasteiger partial charge in [0.25, 0.3) is 15.7 Å². The molecule has 180 valence electrons. The third-order valence-corrected chi connectivity index (χ3v) is 6.29. The quantitative estimate of drug-likeness (QED) is 0.214. The molecule has 35 heavy (non-hydrogen) atoms. The van der Waals surface area contributed by atoms with Gasteiger partial charge in [0.2, 0.25) is 5.78 Å². The van der Waals surface area contributed by atoms with Gasteiger partial charge in [0.1, 0.15) is 13.2 Å². The number of fused-ring (bicyclic) bond motifs is 1. The summed E-state index contributed by atoms with van der Waals surface area (Å²) in [6.07, 6.45) is 0. The third-order valence-electron chi connectivity index (χ3n) is 4.93. The van der Waals surface area contributed by atoms with E-state index < -0.39 is 33.3 Å². The number of nitrogens with one attached hydrogen (secondary N) is 1. The fraction of sp³-hybridized carbons (Fsp3) is 0.130. The summed E-state index contributed by atoms with van der Waals surface area (Å²) in [6.45, 7) is -0.0482. The fourth-order valence-electron chi connectivity index (χ4n) is 3.23. The number of nitro groups is 1. The zero-order valence-electron chi connectivity index (χ0n) is 18.0. The molecule has 0 bridgehead atoms. The van der Waals surface area contributed by atoms with Gasteiger partial charge in [-0.2, -0.15) is 0 Å². The number of hydrogen-bond acceptors (Lipinski definition) is 9. The molecule has 3 aromatic carbocycles. The van der Waals surface area contributed by atoms with Crippen molar-refractivity contribution >= 4 is 33.2 Å². The molecule has 1 aliphatic heterocycles. The molecule has 3 aromatic rings. The van der Waals surface area contributed by atoms with Crippen molar-refractivity contribution in [1.82, 2.24) is 0 Å². The molecule has 0 spiro atoms. The van der Waals surface area contributed by atoms with Crippen molar-refractivity contribution in [3.8, 4) is 11.5 Å². The fourth-order valence-corrected chi connectivity index (χ4v) is 4.32. The van der Waals surface area contributed by atoms with E-state index >= 15 is 0 Å². The van der Waals surface area contributed by atoms with Crippen molar-refractivity contribution < 1.29 is 37.1 Å². The van der Waals surface area contributed by atoms with E-state index in [1.54, 1.807) is 0 Å². The first-order valence-electron chi connectivity index (χ1n) is 10.2. The molecule has 0 amide bonds. The van der Waals surface area contributed by atoms with Gasteiger partial charge in [-0.25, -0.2) is 13.2 Å². The molecule has 0 atom stereocenters. The summed E-state index contributed by atoms with van der Waals surface area (Å²) < 4.78 is 44.1. The molecule has 1 N–H and O–H groups in total. The minimum Gasteiger partial charge on any atom is -0.486 e. The molecule has 1 heterocycles. The van der Waals surface area contributed by atoms with Crippen LogP contribution in [0, 0.1) is 10.1 Å². The number of ketones is 1. The first-order valence-corrected chi connectivity index (χ1v) is 11.7. The Kier molecular flexibility index (Phi) is 6.64. The van der Waals surface area contributed by atoms with Crippen LogP contribution in [0.3, 0.4) is 0 Å². The monoisotopic (exact) mass is 498 g/mol. The predicted molar refractivity (Wildman–Crippen MR) is 122 cm³/mol. The second kappa shape index (κ2) is 9.81. The second-order valence-electron chi connectivity index (χ2n) is 7.26. The number of Topliss-reactive ketones (excluding diaryl/α,β-unsaturated/α-hetero) is 1. The number of hydrogen-bond donors (Lipinski definition) is 1. The van der Waals surface area contributed by atoms with Crippen LogP contribution in [0.1, 0.15) is 20.7 Å². The van der Waals surface area contributed by atoms with Gasteiger partial charge in [-0.05, 0) is 24.3 Å². The number of rotatable bonds is 8. The Morgan fingerprint density at radius 1 is 0.971 bits per heavy atom. The molecule has 4 rings (SSSR count). The van der Waals surface area contributed by atoms with Gasteiger partial charge in [-0.3, -0.25) is 19.6 Å². The SMILES string of the molecule is O=C(COC(=O)c1ccccc1NS(=O)(=O)c1ccc2c(c1)OCCO2)c1cccc([N+](=O)[O-])c1. The van der Waals surface area contributed by atoms with Crippen LogP contribution in [0.4, 0.5) is 11.4 Å². The summed E-state index contributed by atoms with van der Waals surface area (Å²) in [4.78, 5) is 35.1. The zero-order valence-corrected chi connectivity index (χ0v) is 18.8. The standard InChI is InChI=1S/C23H18N2O9S/c26-20(15-4-3-5-16(12-15)25(28)29)14-34-23(27)18-6-1-2-7-19(18)24-35(30,31)17-8-9-21-22(13-17)33-11-10-32-21/h1-9,12-13,24H,10-11,14H2. The van der Waals surface area contributed by atoms with Crippen molar-refractivity contribution in [2.75, 3.05) is 24.5 Å². The van der Waals surface area contributed by atoms with Crippen molar-refractivity contribution in [1.29, 1.82) is 0 Å². The molecule has 0 radical (unpaired) electrons. The number of esters is 1. The van der Waals surface area contributed by atoms with Gasteiger partial charge in [-0.15, -0.1) is 0 Å². The van der Waals surface area contributed by atoms with Gasteiger partial charge in [0, 0.05) is 23.8 Å². The first-order chi connectivity index (χ1) is 16.7. The average molecular weight is 498 g/mol. The lowest BCUT2D eigenvalue weighted by Crippen LogP contribution is -2.19. The molecular weight excluding hydrogens is 480 g/mol. The number of para-hydroxylation sites is 1. The average Bonchev–Trinajstić information content (AvgIpc) is 2.87. The molecular formula is C23H18N2O9S. The lowest BCUT2D eigenvalue weighted by molar-refractivity contribution is -0.384. The second-order valence-corrected chi connectivity index (χ2v) is 8.95. The topological polar surface area (TPSA) is 151 Å². The van der Waals surface area contributed by atoms with E-state index in [-0.39, 0.29) is 39.8 Å². The molecule has 0 aromatic heterocycles. The Morgan fingerprint density at radius 3 is 2.49 bits per heavy atom. The zero-order chi connectivity index (χ0) is 25.0. The van der Waals surface area contributed by atoms with Crippen LogP contribution in [-0.4, -0.2) is 44.9 Å². The van der Waals surface area contributed by atoms with E-state index in [9.17, 15) is 28.1 Å². The molecule has 11 nitrogen and oxygen atoms in total. The Morgan fingerprint density at radius 2 is 1.71 bits per heavy atom. The highest BCUT2D eigenvalue weighted by Gasteiger charge is 2.23. The first kappa shape index (κ1) is 23.7. The van der Waals surface area contributed by atoms with E-state index in [1.165, 1.54) is 60.7 Å². The lowest BCUT2D eigenvalue weighted by atomic mass is 10.1. The number of non-ortho nitro benzene ring substituents is 1. The molecule has 12 heteroatoms. The van der Waals surface area contributed by atoms with Gasteiger partial charge < -0.3 is 14.2 Å². The molecule has 1 aliphatic rings. The maximum absolute atomic E-state index is 12.9. The number of nitro benzene ring substituents is 1. The maximum atomic E-state index is 12.9. The molecule has 0 saturated heterocycles. The number of carbonyl (C=O) groups excluding carboxylic acids is 2. The number of ether oxygens (including phenoxy) is 3. The Bertz CT molecular complexity index is 1420. The Labute approximate surface area is 199 Å². The van der Waals surface area contributed by atoms with E-state index in [0.717, 1.165) is 6.07 Å². The van der Waals surface area contributed by atoms with E-state index in [2.05, 4.69) is 4.72 Å². The Hall–Kier alpha value is -4.45.